The molecule has 0 spiro atoms. The van der Waals surface area contributed by atoms with E-state index < -0.39 is 24.7 Å². The molecule has 1 atom stereocenters. The molecule has 3 N–H and O–H groups in total. The molecule has 1 aromatic carbocycles. The standard InChI is InChI=1S/C11H10F3N5O2/c12-11(13,14)8(20)5-19-17-10(16-18-19)7-3-1-6(2-4-7)9(15)21/h1-4,8,20H,5H2,(H2,15,21). The molecule has 1 heterocycles. The molecular formula is C11H10F3N5O2. The van der Waals surface area contributed by atoms with Gasteiger partial charge in [0.1, 0.15) is 0 Å². The number of hydrogen-bond donors (Lipinski definition) is 2. The number of benzene rings is 1. The first kappa shape index (κ1) is 14.9. The number of carbonyl (C=O) groups excluding carboxylic acids is 1. The summed E-state index contributed by atoms with van der Waals surface area (Å²) in [7, 11) is 0. The molecule has 0 saturated carbocycles. The summed E-state index contributed by atoms with van der Waals surface area (Å²) >= 11 is 0. The van der Waals surface area contributed by atoms with E-state index in [2.05, 4.69) is 15.4 Å². The Hall–Kier alpha value is -2.49. The van der Waals surface area contributed by atoms with Crippen molar-refractivity contribution in [3.8, 4) is 11.4 Å². The van der Waals surface area contributed by atoms with Gasteiger partial charge < -0.3 is 10.8 Å². The zero-order valence-electron chi connectivity index (χ0n) is 10.4. The molecule has 2 rings (SSSR count). The lowest BCUT2D eigenvalue weighted by atomic mass is 10.1. The van der Waals surface area contributed by atoms with E-state index in [4.69, 9.17) is 10.8 Å². The van der Waals surface area contributed by atoms with Crippen LogP contribution in [0.5, 0.6) is 0 Å². The van der Waals surface area contributed by atoms with Crippen LogP contribution in [0, 0.1) is 0 Å². The summed E-state index contributed by atoms with van der Waals surface area (Å²) in [5.41, 5.74) is 5.81. The maximum atomic E-state index is 12.2. The van der Waals surface area contributed by atoms with Gasteiger partial charge in [-0.3, -0.25) is 4.79 Å². The fourth-order valence-electron chi connectivity index (χ4n) is 1.48. The van der Waals surface area contributed by atoms with Gasteiger partial charge in [-0.05, 0) is 17.3 Å². The van der Waals surface area contributed by atoms with Gasteiger partial charge in [0.2, 0.25) is 11.7 Å². The second-order valence-electron chi connectivity index (χ2n) is 4.17. The highest BCUT2D eigenvalue weighted by Gasteiger charge is 2.38. The summed E-state index contributed by atoms with van der Waals surface area (Å²) in [5.74, 6) is -0.535. The second-order valence-corrected chi connectivity index (χ2v) is 4.17. The Bertz CT molecular complexity index is 638. The number of amides is 1. The quantitative estimate of drug-likeness (QED) is 0.848. The van der Waals surface area contributed by atoms with Gasteiger partial charge >= 0.3 is 6.18 Å². The van der Waals surface area contributed by atoms with Crippen LogP contribution in [0.2, 0.25) is 0 Å². The fourth-order valence-corrected chi connectivity index (χ4v) is 1.48. The molecule has 0 fully saturated rings. The number of aliphatic hydroxyl groups excluding tert-OH is 1. The minimum atomic E-state index is -4.75. The zero-order chi connectivity index (χ0) is 15.6. The molecule has 2 aromatic rings. The van der Waals surface area contributed by atoms with Crippen LogP contribution in [0.1, 0.15) is 10.4 Å². The van der Waals surface area contributed by atoms with Crippen molar-refractivity contribution in [2.45, 2.75) is 18.8 Å². The smallest absolute Gasteiger partial charge is 0.382 e. The van der Waals surface area contributed by atoms with E-state index in [0.717, 1.165) is 0 Å². The van der Waals surface area contributed by atoms with Crippen molar-refractivity contribution in [2.75, 3.05) is 0 Å². The van der Waals surface area contributed by atoms with E-state index in [1.54, 1.807) is 0 Å². The number of nitrogens with two attached hydrogens (primary N) is 1. The Balaban J connectivity index is 2.14. The largest absolute Gasteiger partial charge is 0.416 e. The molecule has 1 aromatic heterocycles. The maximum absolute atomic E-state index is 12.2. The first-order chi connectivity index (χ1) is 9.77. The van der Waals surface area contributed by atoms with Crippen LogP contribution >= 0.6 is 0 Å². The molecule has 10 heteroatoms. The SMILES string of the molecule is NC(=O)c1ccc(-c2nnn(CC(O)C(F)(F)F)n2)cc1. The van der Waals surface area contributed by atoms with E-state index in [-0.39, 0.29) is 11.4 Å². The number of halogens is 3. The third-order valence-electron chi connectivity index (χ3n) is 2.59. The first-order valence-corrected chi connectivity index (χ1v) is 5.70. The average molecular weight is 301 g/mol. The summed E-state index contributed by atoms with van der Waals surface area (Å²) in [6.45, 7) is -0.851. The van der Waals surface area contributed by atoms with Gasteiger partial charge in [0.05, 0.1) is 6.54 Å². The molecule has 0 aliphatic carbocycles. The van der Waals surface area contributed by atoms with Crippen molar-refractivity contribution in [3.63, 3.8) is 0 Å². The number of aromatic nitrogens is 4. The van der Waals surface area contributed by atoms with Crippen LogP contribution in [-0.2, 0) is 6.54 Å². The molecule has 0 saturated heterocycles. The zero-order valence-corrected chi connectivity index (χ0v) is 10.4. The molecular weight excluding hydrogens is 291 g/mol. The normalized spacial score (nSPS) is 13.1. The van der Waals surface area contributed by atoms with Gasteiger partial charge in [0, 0.05) is 11.1 Å². The van der Waals surface area contributed by atoms with Gasteiger partial charge in [0.15, 0.2) is 6.10 Å². The molecule has 0 aliphatic heterocycles. The summed E-state index contributed by atoms with van der Waals surface area (Å²) < 4.78 is 36.6. The lowest BCUT2D eigenvalue weighted by molar-refractivity contribution is -0.208. The lowest BCUT2D eigenvalue weighted by Gasteiger charge is -2.12. The average Bonchev–Trinajstić information content (AvgIpc) is 2.86. The number of carbonyl (C=O) groups is 1. The minimum Gasteiger partial charge on any atom is -0.382 e. The predicted octanol–water partition coefficient (Wildman–Crippen LogP) is 0.362. The van der Waals surface area contributed by atoms with Crippen LogP contribution in [0.3, 0.4) is 0 Å². The van der Waals surface area contributed by atoms with E-state index in [9.17, 15) is 18.0 Å². The van der Waals surface area contributed by atoms with Gasteiger partial charge in [0.25, 0.3) is 0 Å². The second kappa shape index (κ2) is 5.48. The van der Waals surface area contributed by atoms with Crippen LogP contribution in [-0.4, -0.2) is 43.5 Å². The highest BCUT2D eigenvalue weighted by molar-refractivity contribution is 5.93. The Labute approximate surface area is 116 Å². The molecule has 21 heavy (non-hydrogen) atoms. The van der Waals surface area contributed by atoms with Gasteiger partial charge in [-0.2, -0.15) is 18.0 Å². The Kier molecular flexibility index (Phi) is 3.89. The van der Waals surface area contributed by atoms with E-state index >= 15 is 0 Å². The van der Waals surface area contributed by atoms with Crippen molar-refractivity contribution in [3.05, 3.63) is 29.8 Å². The fraction of sp³-hybridized carbons (Fsp3) is 0.273. The Morgan fingerprint density at radius 2 is 1.95 bits per heavy atom. The summed E-state index contributed by atoms with van der Waals surface area (Å²) in [4.78, 5) is 11.6. The Morgan fingerprint density at radius 3 is 2.48 bits per heavy atom. The van der Waals surface area contributed by atoms with Crippen molar-refractivity contribution in [1.29, 1.82) is 0 Å². The van der Waals surface area contributed by atoms with Crippen molar-refractivity contribution >= 4 is 5.91 Å². The number of aliphatic hydroxyl groups is 1. The summed E-state index contributed by atoms with van der Waals surface area (Å²) in [6, 6.07) is 5.84. The van der Waals surface area contributed by atoms with Crippen LogP contribution < -0.4 is 5.73 Å². The van der Waals surface area contributed by atoms with Crippen molar-refractivity contribution in [1.82, 2.24) is 20.2 Å². The number of alkyl halides is 3. The van der Waals surface area contributed by atoms with Gasteiger partial charge in [-0.15, -0.1) is 10.2 Å². The lowest BCUT2D eigenvalue weighted by Crippen LogP contribution is -2.33. The van der Waals surface area contributed by atoms with Crippen molar-refractivity contribution in [2.24, 2.45) is 5.73 Å². The van der Waals surface area contributed by atoms with Crippen LogP contribution in [0.4, 0.5) is 13.2 Å². The van der Waals surface area contributed by atoms with E-state index in [0.29, 0.717) is 10.4 Å². The molecule has 7 nitrogen and oxygen atoms in total. The predicted molar refractivity (Wildman–Crippen MR) is 63.8 cm³/mol. The topological polar surface area (TPSA) is 107 Å². The third-order valence-corrected chi connectivity index (χ3v) is 2.59. The summed E-state index contributed by atoms with van der Waals surface area (Å²) in [5, 5.41) is 19.6. The number of rotatable bonds is 4. The van der Waals surface area contributed by atoms with Crippen LogP contribution in [0.25, 0.3) is 11.4 Å². The summed E-state index contributed by atoms with van der Waals surface area (Å²) in [6.07, 6.45) is -7.33. The number of hydrogen-bond acceptors (Lipinski definition) is 5. The third kappa shape index (κ3) is 3.54. The maximum Gasteiger partial charge on any atom is 0.416 e. The highest BCUT2D eigenvalue weighted by Crippen LogP contribution is 2.21. The molecule has 0 radical (unpaired) electrons. The highest BCUT2D eigenvalue weighted by atomic mass is 19.4. The molecule has 0 aliphatic rings. The molecule has 0 bridgehead atoms. The van der Waals surface area contributed by atoms with Gasteiger partial charge in [-0.1, -0.05) is 12.1 Å². The number of nitrogens with zero attached hydrogens (tertiary/aromatic N) is 4. The Morgan fingerprint density at radius 1 is 1.33 bits per heavy atom. The molecule has 1 amide bonds. The van der Waals surface area contributed by atoms with Crippen molar-refractivity contribution < 1.29 is 23.1 Å². The van der Waals surface area contributed by atoms with E-state index in [1.165, 1.54) is 24.3 Å². The number of primary amides is 1. The number of tetrazole rings is 1. The minimum absolute atomic E-state index is 0.0698. The van der Waals surface area contributed by atoms with E-state index in [1.807, 2.05) is 0 Å². The first-order valence-electron chi connectivity index (χ1n) is 5.70. The van der Waals surface area contributed by atoms with Gasteiger partial charge in [-0.25, -0.2) is 0 Å². The molecule has 1 unspecified atom stereocenters. The molecule has 112 valence electrons. The monoisotopic (exact) mass is 301 g/mol. The van der Waals surface area contributed by atoms with Crippen LogP contribution in [0.15, 0.2) is 24.3 Å².